The molecule has 0 aromatic heterocycles. The first-order valence-corrected chi connectivity index (χ1v) is 7.19. The summed E-state index contributed by atoms with van der Waals surface area (Å²) in [5, 5.41) is 12.2. The third kappa shape index (κ3) is 3.60. The average molecular weight is 293 g/mol. The molecule has 2 atom stereocenters. The van der Waals surface area contributed by atoms with Crippen molar-refractivity contribution in [3.63, 3.8) is 0 Å². The summed E-state index contributed by atoms with van der Waals surface area (Å²) in [5.74, 6) is -1.52. The Balaban J connectivity index is 2.02. The molecule has 5 heteroatoms. The number of rotatable bonds is 4. The molecule has 1 aliphatic rings. The molecule has 2 N–H and O–H groups in total. The zero-order valence-corrected chi connectivity index (χ0v) is 12.1. The van der Waals surface area contributed by atoms with Crippen LogP contribution in [0.4, 0.5) is 4.39 Å². The number of hydrogen-bond donors (Lipinski definition) is 2. The van der Waals surface area contributed by atoms with Gasteiger partial charge in [-0.2, -0.15) is 0 Å². The molecule has 1 aromatic carbocycles. The highest BCUT2D eigenvalue weighted by atomic mass is 19.1. The SMILES string of the molecule is CC1(C(=O)O)CCCCC1NC(=O)Cc1cccc(F)c1. The molecule has 0 bridgehead atoms. The molecule has 0 spiro atoms. The Kier molecular flexibility index (Phi) is 4.60. The zero-order valence-electron chi connectivity index (χ0n) is 12.1. The average Bonchev–Trinajstić information content (AvgIpc) is 2.41. The van der Waals surface area contributed by atoms with Gasteiger partial charge in [0, 0.05) is 6.04 Å². The van der Waals surface area contributed by atoms with Crippen LogP contribution in [0, 0.1) is 11.2 Å². The van der Waals surface area contributed by atoms with Crippen LogP contribution in [-0.4, -0.2) is 23.0 Å². The van der Waals surface area contributed by atoms with Crippen molar-refractivity contribution in [2.24, 2.45) is 5.41 Å². The molecule has 2 rings (SSSR count). The second-order valence-electron chi connectivity index (χ2n) is 5.90. The molecule has 2 unspecified atom stereocenters. The van der Waals surface area contributed by atoms with E-state index in [0.717, 1.165) is 12.8 Å². The third-order valence-corrected chi connectivity index (χ3v) is 4.29. The minimum atomic E-state index is -0.921. The van der Waals surface area contributed by atoms with Gasteiger partial charge >= 0.3 is 5.97 Å². The van der Waals surface area contributed by atoms with Gasteiger partial charge in [-0.15, -0.1) is 0 Å². The van der Waals surface area contributed by atoms with Crippen molar-refractivity contribution in [3.8, 4) is 0 Å². The molecule has 0 radical (unpaired) electrons. The number of amides is 1. The Morgan fingerprint density at radius 2 is 2.19 bits per heavy atom. The Hall–Kier alpha value is -1.91. The topological polar surface area (TPSA) is 66.4 Å². The van der Waals surface area contributed by atoms with E-state index in [1.807, 2.05) is 0 Å². The summed E-state index contributed by atoms with van der Waals surface area (Å²) in [6, 6.07) is 5.51. The van der Waals surface area contributed by atoms with Gasteiger partial charge in [0.2, 0.25) is 5.91 Å². The highest BCUT2D eigenvalue weighted by molar-refractivity contribution is 5.81. The monoisotopic (exact) mass is 293 g/mol. The van der Waals surface area contributed by atoms with Gasteiger partial charge in [0.25, 0.3) is 0 Å². The normalized spacial score (nSPS) is 25.3. The van der Waals surface area contributed by atoms with Gasteiger partial charge in [-0.25, -0.2) is 4.39 Å². The first-order chi connectivity index (χ1) is 9.91. The fourth-order valence-electron chi connectivity index (χ4n) is 2.90. The van der Waals surface area contributed by atoms with E-state index in [9.17, 15) is 19.1 Å². The summed E-state index contributed by atoms with van der Waals surface area (Å²) in [4.78, 5) is 23.5. The molecule has 21 heavy (non-hydrogen) atoms. The molecular formula is C16H20FNO3. The maximum absolute atomic E-state index is 13.1. The molecule has 114 valence electrons. The predicted octanol–water partition coefficient (Wildman–Crippen LogP) is 2.52. The smallest absolute Gasteiger partial charge is 0.311 e. The number of aliphatic carboxylic acids is 1. The standard InChI is InChI=1S/C16H20FNO3/c1-16(15(20)21)8-3-2-7-13(16)18-14(19)10-11-5-4-6-12(17)9-11/h4-6,9,13H,2-3,7-8,10H2,1H3,(H,18,19)(H,20,21). The largest absolute Gasteiger partial charge is 0.481 e. The molecule has 0 aliphatic heterocycles. The van der Waals surface area contributed by atoms with E-state index >= 15 is 0 Å². The lowest BCUT2D eigenvalue weighted by atomic mass is 9.71. The summed E-state index contributed by atoms with van der Waals surface area (Å²) in [5.41, 5.74) is -0.337. The molecule has 1 aliphatic carbocycles. The number of hydrogen-bond acceptors (Lipinski definition) is 2. The number of halogens is 1. The molecule has 1 amide bonds. The van der Waals surface area contributed by atoms with E-state index in [0.29, 0.717) is 18.4 Å². The number of carboxylic acids is 1. The van der Waals surface area contributed by atoms with Crippen molar-refractivity contribution < 1.29 is 19.1 Å². The first kappa shape index (κ1) is 15.5. The number of nitrogens with one attached hydrogen (secondary N) is 1. The second kappa shape index (κ2) is 6.24. The first-order valence-electron chi connectivity index (χ1n) is 7.19. The summed E-state index contributed by atoms with van der Waals surface area (Å²) in [6.07, 6.45) is 3.06. The third-order valence-electron chi connectivity index (χ3n) is 4.29. The molecular weight excluding hydrogens is 273 g/mol. The fraction of sp³-hybridized carbons (Fsp3) is 0.500. The van der Waals surface area contributed by atoms with Crippen molar-refractivity contribution in [1.82, 2.24) is 5.32 Å². The summed E-state index contributed by atoms with van der Waals surface area (Å²) >= 11 is 0. The highest BCUT2D eigenvalue weighted by Gasteiger charge is 2.43. The lowest BCUT2D eigenvalue weighted by Gasteiger charge is -2.38. The molecule has 1 fully saturated rings. The van der Waals surface area contributed by atoms with Gasteiger partial charge in [-0.1, -0.05) is 25.0 Å². The minimum absolute atomic E-state index is 0.0595. The Labute approximate surface area is 123 Å². The number of carboxylic acid groups (broad SMARTS) is 1. The molecule has 1 saturated carbocycles. The molecule has 0 heterocycles. The van der Waals surface area contributed by atoms with Crippen molar-refractivity contribution in [3.05, 3.63) is 35.6 Å². The summed E-state index contributed by atoms with van der Waals surface area (Å²) in [6.45, 7) is 1.68. The van der Waals surface area contributed by atoms with Gasteiger partial charge in [-0.3, -0.25) is 9.59 Å². The van der Waals surface area contributed by atoms with Crippen molar-refractivity contribution in [2.75, 3.05) is 0 Å². The van der Waals surface area contributed by atoms with Gasteiger partial charge in [0.05, 0.1) is 11.8 Å². The summed E-state index contributed by atoms with van der Waals surface area (Å²) < 4.78 is 13.1. The van der Waals surface area contributed by atoms with Gasteiger partial charge in [0.15, 0.2) is 0 Å². The number of carbonyl (C=O) groups is 2. The van der Waals surface area contributed by atoms with E-state index in [1.54, 1.807) is 19.1 Å². The lowest BCUT2D eigenvalue weighted by Crippen LogP contribution is -2.52. The van der Waals surface area contributed by atoms with Crippen molar-refractivity contribution in [2.45, 2.75) is 45.1 Å². The second-order valence-corrected chi connectivity index (χ2v) is 5.90. The fourth-order valence-corrected chi connectivity index (χ4v) is 2.90. The van der Waals surface area contributed by atoms with Crippen molar-refractivity contribution >= 4 is 11.9 Å². The molecule has 1 aromatic rings. The lowest BCUT2D eigenvalue weighted by molar-refractivity contribution is -0.152. The van der Waals surface area contributed by atoms with E-state index < -0.39 is 11.4 Å². The van der Waals surface area contributed by atoms with Crippen LogP contribution in [0.1, 0.15) is 38.2 Å². The van der Waals surface area contributed by atoms with Gasteiger partial charge < -0.3 is 10.4 Å². The minimum Gasteiger partial charge on any atom is -0.481 e. The Morgan fingerprint density at radius 3 is 2.86 bits per heavy atom. The van der Waals surface area contributed by atoms with Crippen LogP contribution in [0.3, 0.4) is 0 Å². The van der Waals surface area contributed by atoms with E-state index in [1.165, 1.54) is 12.1 Å². The van der Waals surface area contributed by atoms with Gasteiger partial charge in [-0.05, 0) is 37.5 Å². The van der Waals surface area contributed by atoms with Crippen LogP contribution in [0.25, 0.3) is 0 Å². The maximum Gasteiger partial charge on any atom is 0.311 e. The predicted molar refractivity (Wildman–Crippen MR) is 76.2 cm³/mol. The van der Waals surface area contributed by atoms with Crippen molar-refractivity contribution in [1.29, 1.82) is 0 Å². The number of carbonyl (C=O) groups excluding carboxylic acids is 1. The van der Waals surface area contributed by atoms with Gasteiger partial charge in [0.1, 0.15) is 5.82 Å². The Morgan fingerprint density at radius 1 is 1.43 bits per heavy atom. The van der Waals surface area contributed by atoms with Crippen LogP contribution in [0.5, 0.6) is 0 Å². The van der Waals surface area contributed by atoms with Crippen LogP contribution in [0.2, 0.25) is 0 Å². The zero-order chi connectivity index (χ0) is 15.5. The van der Waals surface area contributed by atoms with E-state index in [-0.39, 0.29) is 24.2 Å². The van der Waals surface area contributed by atoms with Crippen LogP contribution >= 0.6 is 0 Å². The van der Waals surface area contributed by atoms with Crippen LogP contribution < -0.4 is 5.32 Å². The van der Waals surface area contributed by atoms with Crippen LogP contribution in [0.15, 0.2) is 24.3 Å². The maximum atomic E-state index is 13.1. The molecule has 4 nitrogen and oxygen atoms in total. The van der Waals surface area contributed by atoms with Crippen LogP contribution in [-0.2, 0) is 16.0 Å². The van der Waals surface area contributed by atoms with E-state index in [2.05, 4.69) is 5.32 Å². The highest BCUT2D eigenvalue weighted by Crippen LogP contribution is 2.36. The van der Waals surface area contributed by atoms with E-state index in [4.69, 9.17) is 0 Å². The quantitative estimate of drug-likeness (QED) is 0.896. The Bertz CT molecular complexity index is 546. The summed E-state index contributed by atoms with van der Waals surface area (Å²) in [7, 11) is 0. The molecule has 0 saturated heterocycles. The number of benzene rings is 1.